The number of halogens is 1. The van der Waals surface area contributed by atoms with Crippen molar-refractivity contribution in [3.05, 3.63) is 66.2 Å². The van der Waals surface area contributed by atoms with Crippen molar-refractivity contribution in [3.63, 3.8) is 0 Å². The molecule has 1 fully saturated rings. The highest BCUT2D eigenvalue weighted by Crippen LogP contribution is 2.20. The molecule has 1 heterocycles. The Morgan fingerprint density at radius 3 is 2.39 bits per heavy atom. The first kappa shape index (κ1) is 18.0. The fourth-order valence-corrected chi connectivity index (χ4v) is 3.28. The van der Waals surface area contributed by atoms with E-state index in [1.54, 1.807) is 0 Å². The third kappa shape index (κ3) is 6.00. The van der Waals surface area contributed by atoms with Gasteiger partial charge in [0, 0.05) is 13.1 Å². The summed E-state index contributed by atoms with van der Waals surface area (Å²) in [6.45, 7) is 4.22. The van der Waals surface area contributed by atoms with Crippen molar-refractivity contribution >= 4 is 17.0 Å². The summed E-state index contributed by atoms with van der Waals surface area (Å²) in [5.41, 5.74) is 1.47. The van der Waals surface area contributed by atoms with E-state index >= 15 is 0 Å². The molecule has 0 aliphatic carbocycles. The molecule has 1 aliphatic heterocycles. The number of ether oxygens (including phenoxy) is 1. The summed E-state index contributed by atoms with van der Waals surface area (Å²) in [6, 6.07) is 21.0. The molecule has 124 valence electrons. The Kier molecular flexibility index (Phi) is 7.63. The average Bonchev–Trinajstić information content (AvgIpc) is 2.57. The fourth-order valence-electron chi connectivity index (χ4n) is 3.28. The zero-order valence-corrected chi connectivity index (χ0v) is 15.3. The molecule has 0 radical (unpaired) electrons. The SMILES string of the molecule is Br.c1ccc(CC2CCCN(CCOc3ccccc3)C2)cc1. The lowest BCUT2D eigenvalue weighted by Gasteiger charge is -2.32. The normalized spacial score (nSPS) is 18.2. The molecule has 0 spiro atoms. The molecule has 2 aromatic carbocycles. The molecule has 0 bridgehead atoms. The van der Waals surface area contributed by atoms with E-state index in [0.717, 1.165) is 24.8 Å². The van der Waals surface area contributed by atoms with E-state index < -0.39 is 0 Å². The Morgan fingerprint density at radius 1 is 0.957 bits per heavy atom. The van der Waals surface area contributed by atoms with Crippen LogP contribution in [0.3, 0.4) is 0 Å². The second kappa shape index (κ2) is 9.74. The van der Waals surface area contributed by atoms with Crippen molar-refractivity contribution in [2.24, 2.45) is 5.92 Å². The second-order valence-electron chi connectivity index (χ2n) is 6.16. The van der Waals surface area contributed by atoms with Gasteiger partial charge in [0.25, 0.3) is 0 Å². The zero-order chi connectivity index (χ0) is 15.0. The standard InChI is InChI=1S/C20H25NO.BrH/c1-3-8-18(9-4-1)16-19-10-7-13-21(17-19)14-15-22-20-11-5-2-6-12-20;/h1-6,8-9,11-12,19H,7,10,13-17H2;1H. The van der Waals surface area contributed by atoms with Gasteiger partial charge in [0.1, 0.15) is 12.4 Å². The van der Waals surface area contributed by atoms with Crippen LogP contribution in [0, 0.1) is 5.92 Å². The first-order chi connectivity index (χ1) is 10.9. The van der Waals surface area contributed by atoms with E-state index in [4.69, 9.17) is 4.74 Å². The number of benzene rings is 2. The van der Waals surface area contributed by atoms with Crippen LogP contribution in [-0.2, 0) is 6.42 Å². The quantitative estimate of drug-likeness (QED) is 0.731. The predicted molar refractivity (Wildman–Crippen MR) is 102 cm³/mol. The smallest absolute Gasteiger partial charge is 0.119 e. The van der Waals surface area contributed by atoms with Crippen LogP contribution < -0.4 is 4.74 Å². The van der Waals surface area contributed by atoms with Gasteiger partial charge < -0.3 is 4.74 Å². The van der Waals surface area contributed by atoms with Gasteiger partial charge in [-0.3, -0.25) is 4.90 Å². The van der Waals surface area contributed by atoms with Gasteiger partial charge in [0.05, 0.1) is 0 Å². The van der Waals surface area contributed by atoms with Gasteiger partial charge in [0.2, 0.25) is 0 Å². The van der Waals surface area contributed by atoms with Gasteiger partial charge >= 0.3 is 0 Å². The highest BCUT2D eigenvalue weighted by molar-refractivity contribution is 8.93. The lowest BCUT2D eigenvalue weighted by atomic mass is 9.91. The van der Waals surface area contributed by atoms with E-state index in [1.165, 1.54) is 37.9 Å². The van der Waals surface area contributed by atoms with E-state index in [1.807, 2.05) is 30.3 Å². The van der Waals surface area contributed by atoms with Crippen LogP contribution >= 0.6 is 17.0 Å². The van der Waals surface area contributed by atoms with Crippen molar-refractivity contribution in [3.8, 4) is 5.75 Å². The van der Waals surface area contributed by atoms with Crippen LogP contribution in [0.2, 0.25) is 0 Å². The van der Waals surface area contributed by atoms with Gasteiger partial charge in [-0.05, 0) is 49.4 Å². The minimum Gasteiger partial charge on any atom is -0.492 e. The maximum Gasteiger partial charge on any atom is 0.119 e. The van der Waals surface area contributed by atoms with E-state index in [-0.39, 0.29) is 17.0 Å². The highest BCUT2D eigenvalue weighted by atomic mass is 79.9. The number of nitrogens with zero attached hydrogens (tertiary/aromatic N) is 1. The molecular weight excluding hydrogens is 350 g/mol. The Labute approximate surface area is 150 Å². The molecule has 0 saturated carbocycles. The number of likely N-dealkylation sites (tertiary alicyclic amines) is 1. The van der Waals surface area contributed by atoms with Crippen LogP contribution in [0.5, 0.6) is 5.75 Å². The summed E-state index contributed by atoms with van der Waals surface area (Å²) in [5, 5.41) is 0. The molecule has 1 aliphatic rings. The molecule has 1 saturated heterocycles. The second-order valence-corrected chi connectivity index (χ2v) is 6.16. The van der Waals surface area contributed by atoms with E-state index in [9.17, 15) is 0 Å². The number of hydrogen-bond donors (Lipinski definition) is 0. The Morgan fingerprint density at radius 2 is 1.65 bits per heavy atom. The highest BCUT2D eigenvalue weighted by Gasteiger charge is 2.19. The summed E-state index contributed by atoms with van der Waals surface area (Å²) < 4.78 is 5.82. The molecule has 1 unspecified atom stereocenters. The third-order valence-corrected chi connectivity index (χ3v) is 4.39. The van der Waals surface area contributed by atoms with Crippen LogP contribution in [0.25, 0.3) is 0 Å². The summed E-state index contributed by atoms with van der Waals surface area (Å²) in [5.74, 6) is 1.76. The summed E-state index contributed by atoms with van der Waals surface area (Å²) in [4.78, 5) is 2.56. The van der Waals surface area contributed by atoms with Crippen molar-refractivity contribution < 1.29 is 4.74 Å². The Bertz CT molecular complexity index is 546. The minimum absolute atomic E-state index is 0. The predicted octanol–water partition coefficient (Wildman–Crippen LogP) is 4.60. The maximum atomic E-state index is 5.82. The van der Waals surface area contributed by atoms with E-state index in [2.05, 4.69) is 35.2 Å². The average molecular weight is 376 g/mol. The van der Waals surface area contributed by atoms with Crippen LogP contribution in [0.4, 0.5) is 0 Å². The minimum atomic E-state index is 0. The Hall–Kier alpha value is -1.32. The van der Waals surface area contributed by atoms with Gasteiger partial charge in [-0.25, -0.2) is 0 Å². The largest absolute Gasteiger partial charge is 0.492 e. The number of para-hydroxylation sites is 1. The van der Waals surface area contributed by atoms with Gasteiger partial charge in [-0.2, -0.15) is 0 Å². The van der Waals surface area contributed by atoms with Gasteiger partial charge in [-0.15, -0.1) is 17.0 Å². The molecule has 0 aromatic heterocycles. The molecule has 2 aromatic rings. The monoisotopic (exact) mass is 375 g/mol. The molecular formula is C20H26BrNO. The molecule has 2 nitrogen and oxygen atoms in total. The van der Waals surface area contributed by atoms with Gasteiger partial charge in [0.15, 0.2) is 0 Å². The van der Waals surface area contributed by atoms with Crippen molar-refractivity contribution in [2.45, 2.75) is 19.3 Å². The van der Waals surface area contributed by atoms with E-state index in [0.29, 0.717) is 0 Å². The summed E-state index contributed by atoms with van der Waals surface area (Å²) in [6.07, 6.45) is 3.87. The molecule has 0 N–H and O–H groups in total. The van der Waals surface area contributed by atoms with Crippen molar-refractivity contribution in [1.29, 1.82) is 0 Å². The van der Waals surface area contributed by atoms with Crippen LogP contribution in [0.15, 0.2) is 60.7 Å². The lowest BCUT2D eigenvalue weighted by Crippen LogP contribution is -2.38. The molecule has 23 heavy (non-hydrogen) atoms. The van der Waals surface area contributed by atoms with Crippen LogP contribution in [-0.4, -0.2) is 31.1 Å². The Balaban J connectivity index is 0.00000192. The first-order valence-corrected chi connectivity index (χ1v) is 8.34. The molecule has 3 rings (SSSR count). The number of piperidine rings is 1. The fraction of sp³-hybridized carbons (Fsp3) is 0.400. The first-order valence-electron chi connectivity index (χ1n) is 8.34. The third-order valence-electron chi connectivity index (χ3n) is 4.39. The maximum absolute atomic E-state index is 5.82. The summed E-state index contributed by atoms with van der Waals surface area (Å²) in [7, 11) is 0. The lowest BCUT2D eigenvalue weighted by molar-refractivity contribution is 0.146. The molecule has 3 heteroatoms. The number of rotatable bonds is 6. The zero-order valence-electron chi connectivity index (χ0n) is 13.6. The molecule has 0 amide bonds. The number of hydrogen-bond acceptors (Lipinski definition) is 2. The van der Waals surface area contributed by atoms with Crippen molar-refractivity contribution in [1.82, 2.24) is 4.90 Å². The summed E-state index contributed by atoms with van der Waals surface area (Å²) >= 11 is 0. The van der Waals surface area contributed by atoms with Crippen LogP contribution in [0.1, 0.15) is 18.4 Å². The topological polar surface area (TPSA) is 12.5 Å². The van der Waals surface area contributed by atoms with Crippen molar-refractivity contribution in [2.75, 3.05) is 26.2 Å². The van der Waals surface area contributed by atoms with Gasteiger partial charge in [-0.1, -0.05) is 48.5 Å². The molecule has 1 atom stereocenters.